The van der Waals surface area contributed by atoms with Gasteiger partial charge in [0.15, 0.2) is 5.65 Å². The standard InChI is InChI=1S/C23H31N7O3/c1-15-11-28(12-16(2)33-15)20-19(17-7-5-4-6-8-17)25-22(24)30-21(20)26-29(23(30)31)13-18-14-32-10-9-27(18)3/h4-8,15-16,18H,9-14H2,1-3H3,(H2,24,25)/t15-,16+,18-/m0/s1. The van der Waals surface area contributed by atoms with Gasteiger partial charge in [0.25, 0.3) is 0 Å². The molecule has 2 aliphatic heterocycles. The van der Waals surface area contributed by atoms with Crippen LogP contribution in [0, 0.1) is 0 Å². The molecule has 1 aromatic carbocycles. The molecule has 0 spiro atoms. The second-order valence-corrected chi connectivity index (χ2v) is 9.03. The minimum absolute atomic E-state index is 0.0387. The highest BCUT2D eigenvalue weighted by Crippen LogP contribution is 2.35. The molecule has 10 nitrogen and oxygen atoms in total. The van der Waals surface area contributed by atoms with Crippen LogP contribution in [0.4, 0.5) is 11.6 Å². The molecule has 5 rings (SSSR count). The van der Waals surface area contributed by atoms with Gasteiger partial charge < -0.3 is 20.1 Å². The van der Waals surface area contributed by atoms with Crippen molar-refractivity contribution >= 4 is 17.3 Å². The minimum atomic E-state index is -0.288. The molecule has 0 aliphatic carbocycles. The van der Waals surface area contributed by atoms with Gasteiger partial charge in [0.1, 0.15) is 11.4 Å². The number of nitrogens with zero attached hydrogens (tertiary/aromatic N) is 6. The van der Waals surface area contributed by atoms with Crippen LogP contribution >= 0.6 is 0 Å². The van der Waals surface area contributed by atoms with E-state index >= 15 is 0 Å². The van der Waals surface area contributed by atoms with E-state index in [2.05, 4.69) is 23.6 Å². The fraction of sp³-hybridized carbons (Fsp3) is 0.522. The molecule has 10 heteroatoms. The zero-order valence-electron chi connectivity index (χ0n) is 19.3. The SMILES string of the molecule is C[C@@H]1CN(c2c(-c3ccccc3)nc(N)n3c(=O)n(C[C@H]4COCCN4C)nc23)C[C@H](C)O1. The van der Waals surface area contributed by atoms with Crippen molar-refractivity contribution in [3.8, 4) is 11.3 Å². The molecule has 0 saturated carbocycles. The van der Waals surface area contributed by atoms with Crippen LogP contribution in [0.5, 0.6) is 0 Å². The minimum Gasteiger partial charge on any atom is -0.378 e. The number of hydrogen-bond donors (Lipinski definition) is 1. The van der Waals surface area contributed by atoms with Crippen molar-refractivity contribution < 1.29 is 9.47 Å². The molecule has 2 aromatic heterocycles. The number of nitrogens with two attached hydrogens (primary N) is 1. The summed E-state index contributed by atoms with van der Waals surface area (Å²) in [6.45, 7) is 7.95. The number of rotatable bonds is 4. The topological polar surface area (TPSA) is 103 Å². The van der Waals surface area contributed by atoms with E-state index in [1.54, 1.807) is 0 Å². The van der Waals surface area contributed by atoms with Gasteiger partial charge in [-0.1, -0.05) is 30.3 Å². The van der Waals surface area contributed by atoms with Crippen molar-refractivity contribution in [3.63, 3.8) is 0 Å². The van der Waals surface area contributed by atoms with Gasteiger partial charge in [0.2, 0.25) is 5.95 Å². The Hall–Kier alpha value is -2.95. The largest absolute Gasteiger partial charge is 0.378 e. The van der Waals surface area contributed by atoms with Crippen molar-refractivity contribution in [1.29, 1.82) is 0 Å². The Morgan fingerprint density at radius 2 is 1.88 bits per heavy atom. The van der Waals surface area contributed by atoms with Gasteiger partial charge in [-0.3, -0.25) is 4.90 Å². The zero-order chi connectivity index (χ0) is 23.1. The smallest absolute Gasteiger partial charge is 0.353 e. The van der Waals surface area contributed by atoms with Crippen LogP contribution in [0.2, 0.25) is 0 Å². The average molecular weight is 454 g/mol. The molecule has 2 N–H and O–H groups in total. The van der Waals surface area contributed by atoms with Crippen LogP contribution in [-0.4, -0.2) is 82.2 Å². The maximum absolute atomic E-state index is 13.4. The van der Waals surface area contributed by atoms with Crippen LogP contribution in [0.1, 0.15) is 13.8 Å². The summed E-state index contributed by atoms with van der Waals surface area (Å²) in [4.78, 5) is 22.5. The lowest BCUT2D eigenvalue weighted by atomic mass is 10.1. The van der Waals surface area contributed by atoms with Crippen molar-refractivity contribution in [3.05, 3.63) is 40.8 Å². The first-order chi connectivity index (χ1) is 15.9. The van der Waals surface area contributed by atoms with Gasteiger partial charge >= 0.3 is 5.69 Å². The number of morpholine rings is 2. The summed E-state index contributed by atoms with van der Waals surface area (Å²) in [5, 5.41) is 4.80. The predicted octanol–water partition coefficient (Wildman–Crippen LogP) is 1.08. The maximum atomic E-state index is 13.4. The summed E-state index contributed by atoms with van der Waals surface area (Å²) >= 11 is 0. The van der Waals surface area contributed by atoms with Crippen LogP contribution in [-0.2, 0) is 16.0 Å². The maximum Gasteiger partial charge on any atom is 0.353 e. The Morgan fingerprint density at radius 1 is 1.15 bits per heavy atom. The third kappa shape index (κ3) is 4.09. The Balaban J connectivity index is 1.68. The molecule has 33 heavy (non-hydrogen) atoms. The van der Waals surface area contributed by atoms with Crippen molar-refractivity contribution in [2.45, 2.75) is 38.6 Å². The van der Waals surface area contributed by atoms with Crippen molar-refractivity contribution in [2.75, 3.05) is 50.5 Å². The third-order valence-electron chi connectivity index (χ3n) is 6.42. The lowest BCUT2D eigenvalue weighted by molar-refractivity contribution is -0.00516. The average Bonchev–Trinajstić information content (AvgIpc) is 3.11. The summed E-state index contributed by atoms with van der Waals surface area (Å²) in [6, 6.07) is 9.96. The molecule has 2 fully saturated rings. The number of anilines is 2. The molecule has 0 unspecified atom stereocenters. The normalized spacial score (nSPS) is 24.5. The molecule has 176 valence electrons. The zero-order valence-corrected chi connectivity index (χ0v) is 19.3. The van der Waals surface area contributed by atoms with E-state index in [9.17, 15) is 4.79 Å². The third-order valence-corrected chi connectivity index (χ3v) is 6.42. The summed E-state index contributed by atoms with van der Waals surface area (Å²) in [5.74, 6) is 0.131. The molecule has 0 amide bonds. The van der Waals surface area contributed by atoms with E-state index in [1.165, 1.54) is 9.08 Å². The predicted molar refractivity (Wildman–Crippen MR) is 127 cm³/mol. The van der Waals surface area contributed by atoms with Gasteiger partial charge in [-0.05, 0) is 20.9 Å². The highest BCUT2D eigenvalue weighted by molar-refractivity contribution is 5.86. The van der Waals surface area contributed by atoms with Crippen LogP contribution in [0.15, 0.2) is 35.1 Å². The van der Waals surface area contributed by atoms with Gasteiger partial charge in [0.05, 0.1) is 38.0 Å². The number of fused-ring (bicyclic) bond motifs is 1. The Kier molecular flexibility index (Phi) is 5.81. The summed E-state index contributed by atoms with van der Waals surface area (Å²) in [5.41, 5.74) is 9.03. The monoisotopic (exact) mass is 453 g/mol. The summed E-state index contributed by atoms with van der Waals surface area (Å²) in [6.07, 6.45) is 0.0774. The number of benzene rings is 1. The van der Waals surface area contributed by atoms with Gasteiger partial charge in [0, 0.05) is 25.2 Å². The van der Waals surface area contributed by atoms with Gasteiger partial charge in [-0.15, -0.1) is 5.10 Å². The molecule has 0 bridgehead atoms. The van der Waals surface area contributed by atoms with E-state index in [0.29, 0.717) is 38.5 Å². The molecule has 4 heterocycles. The number of ether oxygens (including phenoxy) is 2. The second-order valence-electron chi connectivity index (χ2n) is 9.03. The summed E-state index contributed by atoms with van der Waals surface area (Å²) < 4.78 is 14.5. The van der Waals surface area contributed by atoms with Crippen LogP contribution in [0.25, 0.3) is 16.9 Å². The van der Waals surface area contributed by atoms with E-state index in [1.807, 2.05) is 37.4 Å². The Bertz CT molecular complexity index is 1180. The first-order valence-electron chi connectivity index (χ1n) is 11.4. The van der Waals surface area contributed by atoms with Crippen molar-refractivity contribution in [1.82, 2.24) is 24.1 Å². The first-order valence-corrected chi connectivity index (χ1v) is 11.4. The van der Waals surface area contributed by atoms with Gasteiger partial charge in [-0.25, -0.2) is 18.9 Å². The van der Waals surface area contributed by atoms with Crippen LogP contribution in [0.3, 0.4) is 0 Å². The van der Waals surface area contributed by atoms with E-state index in [4.69, 9.17) is 25.3 Å². The first kappa shape index (κ1) is 21.9. The molecule has 2 saturated heterocycles. The van der Waals surface area contributed by atoms with E-state index in [0.717, 1.165) is 23.5 Å². The van der Waals surface area contributed by atoms with E-state index in [-0.39, 0.29) is 29.9 Å². The molecule has 3 atom stereocenters. The molecule has 3 aromatic rings. The van der Waals surface area contributed by atoms with Crippen LogP contribution < -0.4 is 16.3 Å². The summed E-state index contributed by atoms with van der Waals surface area (Å²) in [7, 11) is 2.04. The molecular formula is C23H31N7O3. The lowest BCUT2D eigenvalue weighted by Crippen LogP contribution is -2.46. The fourth-order valence-corrected chi connectivity index (χ4v) is 4.79. The Labute approximate surface area is 192 Å². The number of aromatic nitrogens is 4. The molecule has 2 aliphatic rings. The quantitative estimate of drug-likeness (QED) is 0.626. The second kappa shape index (κ2) is 8.77. The Morgan fingerprint density at radius 3 is 2.58 bits per heavy atom. The fourth-order valence-electron chi connectivity index (χ4n) is 4.79. The van der Waals surface area contributed by atoms with Gasteiger partial charge in [-0.2, -0.15) is 0 Å². The number of nitrogen functional groups attached to an aromatic ring is 1. The number of likely N-dealkylation sites (N-methyl/N-ethyl adjacent to an activating group) is 1. The van der Waals surface area contributed by atoms with Crippen molar-refractivity contribution in [2.24, 2.45) is 0 Å². The lowest BCUT2D eigenvalue weighted by Gasteiger charge is -2.37. The van der Waals surface area contributed by atoms with E-state index < -0.39 is 0 Å². The number of hydrogen-bond acceptors (Lipinski definition) is 8. The molecular weight excluding hydrogens is 422 g/mol. The highest BCUT2D eigenvalue weighted by Gasteiger charge is 2.30. The molecule has 0 radical (unpaired) electrons. The highest BCUT2D eigenvalue weighted by atomic mass is 16.5.